The average Bonchev–Trinajstić information content (AvgIpc) is 2.27. The Labute approximate surface area is 97.9 Å². The van der Waals surface area contributed by atoms with Crippen molar-refractivity contribution in [2.45, 2.75) is 51.7 Å². The fraction of sp³-hybridized carbons (Fsp3) is 0.917. The third-order valence-corrected chi connectivity index (χ3v) is 3.08. The molecule has 0 radical (unpaired) electrons. The molecule has 0 aromatic carbocycles. The largest absolute Gasteiger partial charge is 0.378 e. The number of carbonyl (C=O) groups is 1. The van der Waals surface area contributed by atoms with Gasteiger partial charge in [0.25, 0.3) is 0 Å². The van der Waals surface area contributed by atoms with Crippen molar-refractivity contribution in [2.75, 3.05) is 13.2 Å². The first-order valence-corrected chi connectivity index (χ1v) is 6.23. The van der Waals surface area contributed by atoms with E-state index in [0.717, 1.165) is 19.4 Å². The van der Waals surface area contributed by atoms with Gasteiger partial charge in [-0.15, -0.1) is 0 Å². The average molecular weight is 228 g/mol. The van der Waals surface area contributed by atoms with Crippen molar-refractivity contribution in [1.82, 2.24) is 5.32 Å². The summed E-state index contributed by atoms with van der Waals surface area (Å²) in [5.41, 5.74) is 5.85. The normalized spacial score (nSPS) is 23.1. The van der Waals surface area contributed by atoms with Crippen molar-refractivity contribution >= 4 is 5.91 Å². The van der Waals surface area contributed by atoms with Crippen LogP contribution in [0.1, 0.15) is 39.5 Å². The Bertz CT molecular complexity index is 213. The van der Waals surface area contributed by atoms with Gasteiger partial charge in [0.05, 0.1) is 12.5 Å². The quantitative estimate of drug-likeness (QED) is 0.739. The standard InChI is InChI=1S/C12H24N2O2/c1-9(2)11(13)8-14-12(15)7-10-5-3-4-6-16-10/h9-11H,3-8,13H2,1-2H3,(H,14,15). The van der Waals surface area contributed by atoms with Gasteiger partial charge in [0.1, 0.15) is 0 Å². The molecule has 4 nitrogen and oxygen atoms in total. The number of hydrogen-bond acceptors (Lipinski definition) is 3. The molecule has 1 fully saturated rings. The third-order valence-electron chi connectivity index (χ3n) is 3.08. The van der Waals surface area contributed by atoms with Gasteiger partial charge in [0.2, 0.25) is 5.91 Å². The molecule has 1 rings (SSSR count). The second-order valence-corrected chi connectivity index (χ2v) is 4.90. The Morgan fingerprint density at radius 1 is 1.50 bits per heavy atom. The molecule has 3 N–H and O–H groups in total. The van der Waals surface area contributed by atoms with Crippen LogP contribution in [0.2, 0.25) is 0 Å². The van der Waals surface area contributed by atoms with Crippen molar-refractivity contribution in [3.8, 4) is 0 Å². The summed E-state index contributed by atoms with van der Waals surface area (Å²) in [5.74, 6) is 0.453. The molecule has 2 atom stereocenters. The molecule has 16 heavy (non-hydrogen) atoms. The number of rotatable bonds is 5. The van der Waals surface area contributed by atoms with Crippen LogP contribution >= 0.6 is 0 Å². The maximum atomic E-state index is 11.6. The van der Waals surface area contributed by atoms with Crippen molar-refractivity contribution in [3.63, 3.8) is 0 Å². The summed E-state index contributed by atoms with van der Waals surface area (Å²) < 4.78 is 5.51. The van der Waals surface area contributed by atoms with E-state index in [1.807, 2.05) is 0 Å². The van der Waals surface area contributed by atoms with Crippen LogP contribution < -0.4 is 11.1 Å². The highest BCUT2D eigenvalue weighted by molar-refractivity contribution is 5.76. The van der Waals surface area contributed by atoms with E-state index in [0.29, 0.717) is 18.9 Å². The van der Waals surface area contributed by atoms with Gasteiger partial charge in [-0.1, -0.05) is 13.8 Å². The van der Waals surface area contributed by atoms with Crippen molar-refractivity contribution in [2.24, 2.45) is 11.7 Å². The molecule has 1 aliphatic heterocycles. The molecule has 4 heteroatoms. The maximum Gasteiger partial charge on any atom is 0.222 e. The molecule has 1 saturated heterocycles. The lowest BCUT2D eigenvalue weighted by molar-refractivity contribution is -0.124. The van der Waals surface area contributed by atoms with Crippen LogP contribution in [0.25, 0.3) is 0 Å². The second kappa shape index (κ2) is 6.86. The Morgan fingerprint density at radius 2 is 2.25 bits per heavy atom. The van der Waals surface area contributed by atoms with Crippen LogP contribution in [0, 0.1) is 5.92 Å². The molecule has 0 aromatic heterocycles. The number of hydrogen-bond donors (Lipinski definition) is 2. The molecule has 0 aliphatic carbocycles. The molecule has 1 amide bonds. The van der Waals surface area contributed by atoms with E-state index < -0.39 is 0 Å². The monoisotopic (exact) mass is 228 g/mol. The third kappa shape index (κ3) is 4.94. The molecular weight excluding hydrogens is 204 g/mol. The highest BCUT2D eigenvalue weighted by Gasteiger charge is 2.18. The first-order valence-electron chi connectivity index (χ1n) is 6.23. The Kier molecular flexibility index (Phi) is 5.77. The smallest absolute Gasteiger partial charge is 0.222 e. The first-order chi connectivity index (χ1) is 7.59. The van der Waals surface area contributed by atoms with Gasteiger partial charge >= 0.3 is 0 Å². The molecule has 0 aromatic rings. The number of nitrogens with one attached hydrogen (secondary N) is 1. The van der Waals surface area contributed by atoms with E-state index in [9.17, 15) is 4.79 Å². The zero-order valence-corrected chi connectivity index (χ0v) is 10.4. The lowest BCUT2D eigenvalue weighted by Gasteiger charge is -2.22. The zero-order chi connectivity index (χ0) is 12.0. The summed E-state index contributed by atoms with van der Waals surface area (Å²) in [6, 6.07) is 0.0382. The summed E-state index contributed by atoms with van der Waals surface area (Å²) in [5, 5.41) is 2.87. The molecule has 0 spiro atoms. The fourth-order valence-corrected chi connectivity index (χ4v) is 1.71. The van der Waals surface area contributed by atoms with Crippen LogP contribution in [0.15, 0.2) is 0 Å². The zero-order valence-electron chi connectivity index (χ0n) is 10.4. The minimum atomic E-state index is 0.0382. The Hall–Kier alpha value is -0.610. The molecule has 1 heterocycles. The van der Waals surface area contributed by atoms with Gasteiger partial charge in [-0.25, -0.2) is 0 Å². The Balaban J connectivity index is 2.14. The van der Waals surface area contributed by atoms with Crippen LogP contribution in [-0.4, -0.2) is 31.2 Å². The van der Waals surface area contributed by atoms with Gasteiger partial charge < -0.3 is 15.8 Å². The van der Waals surface area contributed by atoms with E-state index in [2.05, 4.69) is 19.2 Å². The van der Waals surface area contributed by atoms with E-state index in [1.165, 1.54) is 6.42 Å². The summed E-state index contributed by atoms with van der Waals surface area (Å²) in [6.45, 7) is 5.47. The van der Waals surface area contributed by atoms with E-state index in [1.54, 1.807) is 0 Å². The van der Waals surface area contributed by atoms with Crippen LogP contribution in [0.5, 0.6) is 0 Å². The minimum Gasteiger partial charge on any atom is -0.378 e. The predicted octanol–water partition coefficient (Wildman–Crippen LogP) is 1.05. The fourth-order valence-electron chi connectivity index (χ4n) is 1.71. The molecule has 94 valence electrons. The van der Waals surface area contributed by atoms with Gasteiger partial charge in [-0.3, -0.25) is 4.79 Å². The summed E-state index contributed by atoms with van der Waals surface area (Å²) in [7, 11) is 0. The lowest BCUT2D eigenvalue weighted by Crippen LogP contribution is -2.41. The minimum absolute atomic E-state index is 0.0382. The lowest BCUT2D eigenvalue weighted by atomic mass is 10.0. The van der Waals surface area contributed by atoms with E-state index >= 15 is 0 Å². The van der Waals surface area contributed by atoms with Crippen LogP contribution in [0.4, 0.5) is 0 Å². The van der Waals surface area contributed by atoms with Gasteiger partial charge in [-0.05, 0) is 25.2 Å². The highest BCUT2D eigenvalue weighted by atomic mass is 16.5. The summed E-state index contributed by atoms with van der Waals surface area (Å²) >= 11 is 0. The Morgan fingerprint density at radius 3 is 2.81 bits per heavy atom. The topological polar surface area (TPSA) is 64.3 Å². The predicted molar refractivity (Wildman–Crippen MR) is 64.0 cm³/mol. The van der Waals surface area contributed by atoms with Gasteiger partial charge in [0, 0.05) is 19.2 Å². The van der Waals surface area contributed by atoms with Crippen molar-refractivity contribution in [3.05, 3.63) is 0 Å². The van der Waals surface area contributed by atoms with Crippen molar-refractivity contribution in [1.29, 1.82) is 0 Å². The molecular formula is C12H24N2O2. The van der Waals surface area contributed by atoms with Crippen LogP contribution in [0.3, 0.4) is 0 Å². The highest BCUT2D eigenvalue weighted by Crippen LogP contribution is 2.15. The van der Waals surface area contributed by atoms with E-state index in [-0.39, 0.29) is 18.1 Å². The number of nitrogens with two attached hydrogens (primary N) is 1. The molecule has 0 bridgehead atoms. The first kappa shape index (κ1) is 13.5. The molecule has 0 saturated carbocycles. The summed E-state index contributed by atoms with van der Waals surface area (Å²) in [4.78, 5) is 11.6. The molecule has 1 aliphatic rings. The second-order valence-electron chi connectivity index (χ2n) is 4.90. The van der Waals surface area contributed by atoms with E-state index in [4.69, 9.17) is 10.5 Å². The van der Waals surface area contributed by atoms with Crippen LogP contribution in [-0.2, 0) is 9.53 Å². The van der Waals surface area contributed by atoms with Gasteiger partial charge in [-0.2, -0.15) is 0 Å². The summed E-state index contributed by atoms with van der Waals surface area (Å²) in [6.07, 6.45) is 3.89. The van der Waals surface area contributed by atoms with Gasteiger partial charge in [0.15, 0.2) is 0 Å². The maximum absolute atomic E-state index is 11.6. The van der Waals surface area contributed by atoms with Crippen molar-refractivity contribution < 1.29 is 9.53 Å². The SMILES string of the molecule is CC(C)C(N)CNC(=O)CC1CCCCO1. The molecule has 2 unspecified atom stereocenters. The number of ether oxygens (including phenoxy) is 1. The number of amides is 1. The number of carbonyl (C=O) groups excluding carboxylic acids is 1.